The molecule has 2 rings (SSSR count). The van der Waals surface area contributed by atoms with E-state index in [2.05, 4.69) is 0 Å². The number of sulfonamides is 1. The number of rotatable bonds is 4. The zero-order valence-electron chi connectivity index (χ0n) is 9.87. The molecule has 0 bridgehead atoms. The molecule has 0 aromatic heterocycles. The van der Waals surface area contributed by atoms with Crippen LogP contribution in [0.25, 0.3) is 0 Å². The fourth-order valence-electron chi connectivity index (χ4n) is 1.64. The molecule has 0 N–H and O–H groups in total. The van der Waals surface area contributed by atoms with Crippen LogP contribution in [0.4, 0.5) is 0 Å². The predicted octanol–water partition coefficient (Wildman–Crippen LogP) is 1.33. The van der Waals surface area contributed by atoms with Gasteiger partial charge in [-0.2, -0.15) is 4.31 Å². The first-order chi connectivity index (χ1) is 8.51. The predicted molar refractivity (Wildman–Crippen MR) is 67.0 cm³/mol. The van der Waals surface area contributed by atoms with Crippen molar-refractivity contribution in [2.45, 2.75) is 11.2 Å². The molecule has 1 aliphatic rings. The smallest absolute Gasteiger partial charge is 0.244 e. The molecule has 100 valence electrons. The van der Waals surface area contributed by atoms with Crippen molar-refractivity contribution in [2.24, 2.45) is 0 Å². The summed E-state index contributed by atoms with van der Waals surface area (Å²) in [5, 5.41) is 0.206. The highest BCUT2D eigenvalue weighted by atomic mass is 35.5. The lowest BCUT2D eigenvalue weighted by Crippen LogP contribution is -2.34. The van der Waals surface area contributed by atoms with E-state index in [0.717, 1.165) is 0 Å². The van der Waals surface area contributed by atoms with Crippen LogP contribution in [-0.2, 0) is 19.5 Å². The number of hydrogen-bond acceptors (Lipinski definition) is 4. The highest BCUT2D eigenvalue weighted by Gasteiger charge is 2.27. The number of benzene rings is 1. The standard InChI is InChI=1S/C11H14ClNO4S/c1-13(8-11-16-6-7-17-11)18(14,15)10-5-3-2-4-9(10)12/h2-5,11H,6-8H2,1H3. The second kappa shape index (κ2) is 5.54. The Kier molecular flexibility index (Phi) is 4.24. The molecule has 1 aromatic carbocycles. The van der Waals surface area contributed by atoms with Crippen molar-refractivity contribution in [1.29, 1.82) is 0 Å². The Hall–Kier alpha value is -0.660. The maximum absolute atomic E-state index is 12.3. The summed E-state index contributed by atoms with van der Waals surface area (Å²) in [5.74, 6) is 0. The molecule has 0 radical (unpaired) electrons. The molecule has 5 nitrogen and oxygen atoms in total. The van der Waals surface area contributed by atoms with Gasteiger partial charge in [0.1, 0.15) is 4.90 Å². The third kappa shape index (κ3) is 2.84. The second-order valence-electron chi connectivity index (χ2n) is 3.89. The average Bonchev–Trinajstić information content (AvgIpc) is 2.82. The van der Waals surface area contributed by atoms with Gasteiger partial charge in [-0.05, 0) is 12.1 Å². The fraction of sp³-hybridized carbons (Fsp3) is 0.455. The van der Waals surface area contributed by atoms with Crippen molar-refractivity contribution in [3.8, 4) is 0 Å². The first-order valence-electron chi connectivity index (χ1n) is 5.46. The molecule has 7 heteroatoms. The van der Waals surface area contributed by atoms with Crippen molar-refractivity contribution in [3.05, 3.63) is 29.3 Å². The first-order valence-corrected chi connectivity index (χ1v) is 7.27. The van der Waals surface area contributed by atoms with Crippen molar-refractivity contribution < 1.29 is 17.9 Å². The summed E-state index contributed by atoms with van der Waals surface area (Å²) < 4.78 is 36.2. The van der Waals surface area contributed by atoms with E-state index < -0.39 is 16.3 Å². The normalized spacial score (nSPS) is 17.5. The van der Waals surface area contributed by atoms with Gasteiger partial charge in [0.2, 0.25) is 10.0 Å². The minimum absolute atomic E-state index is 0.0900. The molecule has 1 heterocycles. The van der Waals surface area contributed by atoms with Crippen molar-refractivity contribution in [3.63, 3.8) is 0 Å². The zero-order chi connectivity index (χ0) is 13.2. The van der Waals surface area contributed by atoms with E-state index in [1.54, 1.807) is 18.2 Å². The Morgan fingerprint density at radius 2 is 1.94 bits per heavy atom. The minimum atomic E-state index is -3.62. The molecular formula is C11H14ClNO4S. The molecule has 1 aromatic rings. The summed E-state index contributed by atoms with van der Waals surface area (Å²) in [7, 11) is -2.14. The zero-order valence-corrected chi connectivity index (χ0v) is 11.4. The molecule has 0 atom stereocenters. The van der Waals surface area contributed by atoms with E-state index in [1.165, 1.54) is 17.4 Å². The SMILES string of the molecule is CN(CC1OCCO1)S(=O)(=O)c1ccccc1Cl. The fourth-order valence-corrected chi connectivity index (χ4v) is 3.29. The Morgan fingerprint density at radius 1 is 1.33 bits per heavy atom. The summed E-state index contributed by atoms with van der Waals surface area (Å²) in [6.45, 7) is 1.13. The topological polar surface area (TPSA) is 55.8 Å². The van der Waals surface area contributed by atoms with Gasteiger partial charge in [-0.25, -0.2) is 8.42 Å². The van der Waals surface area contributed by atoms with Crippen LogP contribution in [0.2, 0.25) is 5.02 Å². The summed E-state index contributed by atoms with van der Waals surface area (Å²) in [6, 6.07) is 6.34. The molecule has 0 saturated carbocycles. The molecule has 1 aliphatic heterocycles. The molecular weight excluding hydrogens is 278 g/mol. The van der Waals surface area contributed by atoms with Gasteiger partial charge in [-0.15, -0.1) is 0 Å². The Bertz CT molecular complexity index is 514. The molecule has 0 amide bonds. The molecule has 1 fully saturated rings. The van der Waals surface area contributed by atoms with Crippen LogP contribution >= 0.6 is 11.6 Å². The molecule has 0 unspecified atom stereocenters. The van der Waals surface area contributed by atoms with Crippen LogP contribution < -0.4 is 0 Å². The van der Waals surface area contributed by atoms with Crippen LogP contribution in [-0.4, -0.2) is 45.8 Å². The number of likely N-dealkylation sites (N-methyl/N-ethyl adjacent to an activating group) is 1. The Morgan fingerprint density at radius 3 is 2.56 bits per heavy atom. The Balaban J connectivity index is 2.17. The summed E-state index contributed by atoms with van der Waals surface area (Å²) in [6.07, 6.45) is -0.507. The van der Waals surface area contributed by atoms with Crippen LogP contribution in [0, 0.1) is 0 Å². The van der Waals surface area contributed by atoms with E-state index >= 15 is 0 Å². The average molecular weight is 292 g/mol. The van der Waals surface area contributed by atoms with Gasteiger partial charge in [0, 0.05) is 7.05 Å². The van der Waals surface area contributed by atoms with Crippen LogP contribution in [0.1, 0.15) is 0 Å². The van der Waals surface area contributed by atoms with E-state index in [1.807, 2.05) is 0 Å². The quantitative estimate of drug-likeness (QED) is 0.840. The number of ether oxygens (including phenoxy) is 2. The minimum Gasteiger partial charge on any atom is -0.349 e. The van der Waals surface area contributed by atoms with Gasteiger partial charge < -0.3 is 9.47 Å². The van der Waals surface area contributed by atoms with Crippen LogP contribution in [0.3, 0.4) is 0 Å². The summed E-state index contributed by atoms with van der Waals surface area (Å²) in [4.78, 5) is 0.0900. The number of hydrogen-bond donors (Lipinski definition) is 0. The lowest BCUT2D eigenvalue weighted by atomic mass is 10.4. The highest BCUT2D eigenvalue weighted by molar-refractivity contribution is 7.89. The van der Waals surface area contributed by atoms with Crippen molar-refractivity contribution >= 4 is 21.6 Å². The number of halogens is 1. The molecule has 0 aliphatic carbocycles. The van der Waals surface area contributed by atoms with Gasteiger partial charge in [-0.1, -0.05) is 23.7 Å². The summed E-state index contributed by atoms with van der Waals surface area (Å²) in [5.41, 5.74) is 0. The van der Waals surface area contributed by atoms with E-state index in [0.29, 0.717) is 13.2 Å². The second-order valence-corrected chi connectivity index (χ2v) is 6.31. The lowest BCUT2D eigenvalue weighted by molar-refractivity contribution is -0.0482. The third-order valence-electron chi connectivity index (χ3n) is 2.62. The number of nitrogens with zero attached hydrogens (tertiary/aromatic N) is 1. The maximum atomic E-state index is 12.3. The van der Waals surface area contributed by atoms with E-state index in [4.69, 9.17) is 21.1 Å². The monoisotopic (exact) mass is 291 g/mol. The van der Waals surface area contributed by atoms with Crippen molar-refractivity contribution in [1.82, 2.24) is 4.31 Å². The van der Waals surface area contributed by atoms with E-state index in [9.17, 15) is 8.42 Å². The van der Waals surface area contributed by atoms with Gasteiger partial charge in [0.05, 0.1) is 24.8 Å². The largest absolute Gasteiger partial charge is 0.349 e. The molecule has 18 heavy (non-hydrogen) atoms. The highest BCUT2D eigenvalue weighted by Crippen LogP contribution is 2.23. The van der Waals surface area contributed by atoms with Gasteiger partial charge >= 0.3 is 0 Å². The van der Waals surface area contributed by atoms with Gasteiger partial charge in [0.25, 0.3) is 0 Å². The molecule has 1 saturated heterocycles. The maximum Gasteiger partial charge on any atom is 0.244 e. The van der Waals surface area contributed by atoms with Crippen molar-refractivity contribution in [2.75, 3.05) is 26.8 Å². The van der Waals surface area contributed by atoms with Gasteiger partial charge in [-0.3, -0.25) is 0 Å². The summed E-state index contributed by atoms with van der Waals surface area (Å²) >= 11 is 5.90. The molecule has 0 spiro atoms. The third-order valence-corrected chi connectivity index (χ3v) is 4.95. The van der Waals surface area contributed by atoms with Crippen LogP contribution in [0.5, 0.6) is 0 Å². The van der Waals surface area contributed by atoms with Gasteiger partial charge in [0.15, 0.2) is 6.29 Å². The van der Waals surface area contributed by atoms with Crippen LogP contribution in [0.15, 0.2) is 29.2 Å². The lowest BCUT2D eigenvalue weighted by Gasteiger charge is -2.20. The Labute approximate surface area is 111 Å². The van der Waals surface area contributed by atoms with E-state index in [-0.39, 0.29) is 16.5 Å². The first kappa shape index (κ1) is 13.8.